The third kappa shape index (κ3) is 4.82. The average molecular weight is 475 g/mol. The third-order valence-corrected chi connectivity index (χ3v) is 5.55. The fraction of sp³-hybridized carbons (Fsp3) is 0.222. The van der Waals surface area contributed by atoms with Crippen molar-refractivity contribution >= 4 is 17.4 Å². The Bertz CT molecular complexity index is 1440. The van der Waals surface area contributed by atoms with E-state index in [-0.39, 0.29) is 17.1 Å². The van der Waals surface area contributed by atoms with Gasteiger partial charge in [0.1, 0.15) is 11.5 Å². The SMILES string of the molecule is CCOc1ccc(C(C)=O)cc1-c1cc(NC(=O)c2ccco2)cc(-c2c(C)on(CC)c2=O)c1. The molecule has 0 unspecified atom stereocenters. The van der Waals surface area contributed by atoms with Gasteiger partial charge in [-0.15, -0.1) is 0 Å². The zero-order valence-corrected chi connectivity index (χ0v) is 20.0. The fourth-order valence-corrected chi connectivity index (χ4v) is 3.92. The van der Waals surface area contributed by atoms with Crippen molar-refractivity contribution in [2.75, 3.05) is 11.9 Å². The lowest BCUT2D eigenvalue weighted by Crippen LogP contribution is -2.15. The highest BCUT2D eigenvalue weighted by Gasteiger charge is 2.19. The Balaban J connectivity index is 1.92. The molecule has 0 spiro atoms. The second kappa shape index (κ2) is 9.89. The van der Waals surface area contributed by atoms with Crippen LogP contribution in [0.5, 0.6) is 5.75 Å². The Labute approximate surface area is 202 Å². The minimum Gasteiger partial charge on any atom is -0.493 e. The average Bonchev–Trinajstić information content (AvgIpc) is 3.47. The van der Waals surface area contributed by atoms with Crippen LogP contribution in [0.1, 0.15) is 47.4 Å². The van der Waals surface area contributed by atoms with Gasteiger partial charge in [0.2, 0.25) is 0 Å². The summed E-state index contributed by atoms with van der Waals surface area (Å²) >= 11 is 0. The zero-order chi connectivity index (χ0) is 25.1. The fourth-order valence-electron chi connectivity index (χ4n) is 3.92. The molecular weight excluding hydrogens is 448 g/mol. The molecule has 2 aromatic heterocycles. The van der Waals surface area contributed by atoms with Gasteiger partial charge >= 0.3 is 0 Å². The number of Topliss-reactive ketones (excluding diaryl/α,β-unsaturated/α-hetero) is 1. The summed E-state index contributed by atoms with van der Waals surface area (Å²) in [5, 5.41) is 2.83. The van der Waals surface area contributed by atoms with E-state index in [2.05, 4.69) is 5.32 Å². The quantitative estimate of drug-likeness (QED) is 0.336. The lowest BCUT2D eigenvalue weighted by atomic mass is 9.96. The number of carbonyl (C=O) groups is 2. The molecule has 0 aliphatic heterocycles. The first-order valence-corrected chi connectivity index (χ1v) is 11.3. The number of aryl methyl sites for hydroxylation is 2. The van der Waals surface area contributed by atoms with Gasteiger partial charge in [-0.2, -0.15) is 4.74 Å². The highest BCUT2D eigenvalue weighted by molar-refractivity contribution is 6.03. The van der Waals surface area contributed by atoms with Crippen molar-refractivity contribution in [3.05, 3.63) is 82.2 Å². The molecule has 180 valence electrons. The van der Waals surface area contributed by atoms with Crippen LogP contribution in [0.2, 0.25) is 0 Å². The number of nitrogens with zero attached hydrogens (tertiary/aromatic N) is 1. The molecule has 2 aromatic carbocycles. The molecular formula is C27H26N2O6. The van der Waals surface area contributed by atoms with Gasteiger partial charge < -0.3 is 19.0 Å². The summed E-state index contributed by atoms with van der Waals surface area (Å²) in [6.45, 7) is 7.72. The van der Waals surface area contributed by atoms with Crippen molar-refractivity contribution in [2.24, 2.45) is 0 Å². The normalized spacial score (nSPS) is 10.9. The molecule has 0 fully saturated rings. The van der Waals surface area contributed by atoms with E-state index in [1.54, 1.807) is 49.4 Å². The van der Waals surface area contributed by atoms with Crippen LogP contribution >= 0.6 is 0 Å². The predicted octanol–water partition coefficient (Wildman–Crippen LogP) is 5.55. The van der Waals surface area contributed by atoms with E-state index in [0.29, 0.717) is 58.2 Å². The molecule has 0 saturated carbocycles. The topological polar surface area (TPSA) is 104 Å². The zero-order valence-electron chi connectivity index (χ0n) is 20.0. The predicted molar refractivity (Wildman–Crippen MR) is 132 cm³/mol. The van der Waals surface area contributed by atoms with Crippen LogP contribution in [0.4, 0.5) is 5.69 Å². The lowest BCUT2D eigenvalue weighted by molar-refractivity contribution is 0.0993. The lowest BCUT2D eigenvalue weighted by Gasteiger charge is -2.15. The van der Waals surface area contributed by atoms with Crippen LogP contribution in [0.3, 0.4) is 0 Å². The van der Waals surface area contributed by atoms with E-state index >= 15 is 0 Å². The smallest absolute Gasteiger partial charge is 0.291 e. The monoisotopic (exact) mass is 474 g/mol. The number of carbonyl (C=O) groups excluding carboxylic acids is 2. The van der Waals surface area contributed by atoms with Gasteiger partial charge in [-0.05, 0) is 87.4 Å². The number of hydrogen-bond donors (Lipinski definition) is 1. The Hall–Kier alpha value is -4.33. The first kappa shape index (κ1) is 23.8. The van der Waals surface area contributed by atoms with Crippen LogP contribution in [0, 0.1) is 6.92 Å². The van der Waals surface area contributed by atoms with Crippen LogP contribution in [0.25, 0.3) is 22.3 Å². The van der Waals surface area contributed by atoms with Crippen LogP contribution < -0.4 is 15.6 Å². The summed E-state index contributed by atoms with van der Waals surface area (Å²) in [6.07, 6.45) is 1.42. The highest BCUT2D eigenvalue weighted by Crippen LogP contribution is 2.36. The third-order valence-electron chi connectivity index (χ3n) is 5.55. The van der Waals surface area contributed by atoms with Crippen molar-refractivity contribution in [3.63, 3.8) is 0 Å². The molecule has 35 heavy (non-hydrogen) atoms. The van der Waals surface area contributed by atoms with Crippen LogP contribution in [-0.4, -0.2) is 23.0 Å². The molecule has 8 nitrogen and oxygen atoms in total. The number of rotatable bonds is 8. The van der Waals surface area contributed by atoms with Gasteiger partial charge in [0, 0.05) is 16.8 Å². The van der Waals surface area contributed by atoms with Gasteiger partial charge in [0.25, 0.3) is 11.5 Å². The molecule has 0 atom stereocenters. The molecule has 1 amide bonds. The van der Waals surface area contributed by atoms with E-state index in [9.17, 15) is 14.4 Å². The number of aromatic nitrogens is 1. The maximum absolute atomic E-state index is 13.0. The number of hydrogen-bond acceptors (Lipinski definition) is 6. The number of ketones is 1. The van der Waals surface area contributed by atoms with Gasteiger partial charge in [0.15, 0.2) is 11.5 Å². The number of benzene rings is 2. The van der Waals surface area contributed by atoms with Gasteiger partial charge in [-0.3, -0.25) is 14.4 Å². The Morgan fingerprint density at radius 3 is 2.46 bits per heavy atom. The number of anilines is 1. The van der Waals surface area contributed by atoms with Crippen molar-refractivity contribution in [1.82, 2.24) is 4.74 Å². The van der Waals surface area contributed by atoms with Crippen molar-refractivity contribution in [3.8, 4) is 28.0 Å². The number of ether oxygens (including phenoxy) is 1. The highest BCUT2D eigenvalue weighted by atomic mass is 16.5. The molecule has 0 aliphatic rings. The minimum atomic E-state index is -0.435. The van der Waals surface area contributed by atoms with Crippen LogP contribution in [-0.2, 0) is 6.54 Å². The molecule has 0 aliphatic carbocycles. The van der Waals surface area contributed by atoms with Gasteiger partial charge in [0.05, 0.1) is 25.0 Å². The Morgan fingerprint density at radius 1 is 1.06 bits per heavy atom. The van der Waals surface area contributed by atoms with E-state index in [1.165, 1.54) is 17.9 Å². The van der Waals surface area contributed by atoms with E-state index < -0.39 is 5.91 Å². The van der Waals surface area contributed by atoms with E-state index in [1.807, 2.05) is 19.9 Å². The molecule has 2 heterocycles. The minimum absolute atomic E-state index is 0.0895. The summed E-state index contributed by atoms with van der Waals surface area (Å²) in [6, 6.07) is 13.7. The summed E-state index contributed by atoms with van der Waals surface area (Å²) in [7, 11) is 0. The Morgan fingerprint density at radius 2 is 1.83 bits per heavy atom. The number of furan rings is 1. The number of nitrogens with one attached hydrogen (secondary N) is 1. The number of amides is 1. The van der Waals surface area contributed by atoms with E-state index in [4.69, 9.17) is 13.7 Å². The van der Waals surface area contributed by atoms with Crippen molar-refractivity contribution in [2.45, 2.75) is 34.2 Å². The summed E-state index contributed by atoms with van der Waals surface area (Å²) in [5.41, 5.74) is 2.96. The maximum atomic E-state index is 13.0. The Kier molecular flexibility index (Phi) is 6.73. The molecule has 0 radical (unpaired) electrons. The summed E-state index contributed by atoms with van der Waals surface area (Å²) in [4.78, 5) is 37.8. The van der Waals surface area contributed by atoms with Gasteiger partial charge in [-0.25, -0.2) is 0 Å². The largest absolute Gasteiger partial charge is 0.493 e. The molecule has 8 heteroatoms. The van der Waals surface area contributed by atoms with E-state index in [0.717, 1.165) is 0 Å². The van der Waals surface area contributed by atoms with Crippen molar-refractivity contribution < 1.29 is 23.3 Å². The first-order chi connectivity index (χ1) is 16.8. The molecule has 0 bridgehead atoms. The summed E-state index contributed by atoms with van der Waals surface area (Å²) < 4.78 is 17.9. The maximum Gasteiger partial charge on any atom is 0.291 e. The molecule has 4 rings (SSSR count). The molecule has 1 N–H and O–H groups in total. The van der Waals surface area contributed by atoms with Gasteiger partial charge in [-0.1, -0.05) is 0 Å². The standard InChI is InChI=1S/C27H26N2O6/c1-5-29-27(32)25(17(4)35-29)20-12-19(13-21(14-20)28-26(31)24-8-7-11-34-24)22-15-18(16(3)30)9-10-23(22)33-6-2/h7-15H,5-6H2,1-4H3,(H,28,31). The molecule has 4 aromatic rings. The van der Waals surface area contributed by atoms with Crippen LogP contribution in [0.15, 0.2) is 68.5 Å². The molecule has 0 saturated heterocycles. The first-order valence-electron chi connectivity index (χ1n) is 11.3. The second-order valence-electron chi connectivity index (χ2n) is 7.95. The summed E-state index contributed by atoms with van der Waals surface area (Å²) in [5.74, 6) is 0.662. The second-order valence-corrected chi connectivity index (χ2v) is 7.95. The van der Waals surface area contributed by atoms with Crippen molar-refractivity contribution in [1.29, 1.82) is 0 Å².